The van der Waals surface area contributed by atoms with Crippen molar-refractivity contribution in [3.05, 3.63) is 27.6 Å². The number of aromatic amines is 1. The van der Waals surface area contributed by atoms with Crippen molar-refractivity contribution in [3.63, 3.8) is 0 Å². The number of piperidine rings is 1. The predicted octanol–water partition coefficient (Wildman–Crippen LogP) is 1.61. The Morgan fingerprint density at radius 3 is 2.89 bits per heavy atom. The van der Waals surface area contributed by atoms with Crippen LogP contribution < -0.4 is 5.32 Å². The fourth-order valence-electron chi connectivity index (χ4n) is 3.10. The molecule has 1 amide bonds. The number of hydrogen-bond acceptors (Lipinski definition) is 6. The van der Waals surface area contributed by atoms with Gasteiger partial charge in [0.2, 0.25) is 5.91 Å². The number of nitrogens with one attached hydrogen (secondary N) is 2. The van der Waals surface area contributed by atoms with Crippen molar-refractivity contribution < 1.29 is 13.2 Å². The van der Waals surface area contributed by atoms with Crippen LogP contribution in [0.25, 0.3) is 0 Å². The monoisotopic (exact) mass is 429 g/mol. The zero-order valence-corrected chi connectivity index (χ0v) is 17.7. The summed E-state index contributed by atoms with van der Waals surface area (Å²) in [6.07, 6.45) is 1.92. The number of aromatic nitrogens is 3. The third-order valence-electron chi connectivity index (χ3n) is 4.69. The number of sulfonamides is 1. The molecule has 1 aliphatic heterocycles. The van der Waals surface area contributed by atoms with Gasteiger partial charge in [-0.05, 0) is 44.1 Å². The maximum absolute atomic E-state index is 12.8. The van der Waals surface area contributed by atoms with Crippen molar-refractivity contribution in [1.82, 2.24) is 24.4 Å². The van der Waals surface area contributed by atoms with E-state index in [1.165, 1.54) is 15.6 Å². The third kappa shape index (κ3) is 4.48. The molecule has 148 valence electrons. The molecule has 3 heterocycles. The lowest BCUT2D eigenvalue weighted by atomic mass is 9.99. The number of rotatable bonds is 6. The van der Waals surface area contributed by atoms with E-state index in [4.69, 9.17) is 12.2 Å². The highest BCUT2D eigenvalue weighted by molar-refractivity contribution is 7.91. The lowest BCUT2D eigenvalue weighted by Gasteiger charge is -2.30. The zero-order valence-electron chi connectivity index (χ0n) is 15.3. The molecule has 1 aliphatic rings. The van der Waals surface area contributed by atoms with Crippen LogP contribution in [0, 0.1) is 17.6 Å². The summed E-state index contributed by atoms with van der Waals surface area (Å²) >= 11 is 6.33. The van der Waals surface area contributed by atoms with Crippen LogP contribution in [-0.4, -0.2) is 53.0 Å². The summed E-state index contributed by atoms with van der Waals surface area (Å²) < 4.78 is 29.6. The first-order chi connectivity index (χ1) is 12.8. The molecule has 0 saturated carbocycles. The minimum absolute atomic E-state index is 0.117. The molecule has 11 heteroatoms. The number of nitrogens with zero attached hydrogens (tertiary/aromatic N) is 3. The van der Waals surface area contributed by atoms with Crippen LogP contribution in [0.2, 0.25) is 0 Å². The molecule has 2 aromatic rings. The van der Waals surface area contributed by atoms with Crippen LogP contribution in [0.3, 0.4) is 0 Å². The molecule has 1 atom stereocenters. The van der Waals surface area contributed by atoms with Crippen LogP contribution in [0.1, 0.15) is 23.5 Å². The highest BCUT2D eigenvalue weighted by Gasteiger charge is 2.33. The number of H-pyrrole nitrogens is 1. The summed E-state index contributed by atoms with van der Waals surface area (Å²) in [6.45, 7) is 2.98. The van der Waals surface area contributed by atoms with Gasteiger partial charge in [0.15, 0.2) is 4.77 Å². The highest BCUT2D eigenvalue weighted by Crippen LogP contribution is 2.28. The van der Waals surface area contributed by atoms with Crippen molar-refractivity contribution >= 4 is 39.5 Å². The SMILES string of the molecule is Cc1ccc(S(=O)(=O)N2CCCC(C(=O)NCCc3n[nH]c(=S)n3C)C2)s1. The number of carbonyl (C=O) groups is 1. The van der Waals surface area contributed by atoms with E-state index in [2.05, 4.69) is 15.5 Å². The van der Waals surface area contributed by atoms with E-state index in [9.17, 15) is 13.2 Å². The van der Waals surface area contributed by atoms with Gasteiger partial charge in [-0.25, -0.2) is 8.42 Å². The lowest BCUT2D eigenvalue weighted by Crippen LogP contribution is -2.45. The molecule has 1 saturated heterocycles. The van der Waals surface area contributed by atoms with Gasteiger partial charge in [-0.3, -0.25) is 9.89 Å². The van der Waals surface area contributed by atoms with Gasteiger partial charge in [0.25, 0.3) is 10.0 Å². The molecular formula is C16H23N5O3S3. The quantitative estimate of drug-likeness (QED) is 0.680. The molecule has 0 bridgehead atoms. The van der Waals surface area contributed by atoms with Crippen LogP contribution in [0.4, 0.5) is 0 Å². The molecule has 2 N–H and O–H groups in total. The van der Waals surface area contributed by atoms with E-state index in [0.29, 0.717) is 41.3 Å². The van der Waals surface area contributed by atoms with Crippen LogP contribution in [0.5, 0.6) is 0 Å². The van der Waals surface area contributed by atoms with Crippen molar-refractivity contribution in [2.45, 2.75) is 30.4 Å². The van der Waals surface area contributed by atoms with Crippen molar-refractivity contribution in [2.75, 3.05) is 19.6 Å². The standard InChI is InChI=1S/C16H23N5O3S3/c1-11-5-6-14(26-11)27(23,24)21-9-3-4-12(10-21)15(22)17-8-7-13-18-19-16(25)20(13)2/h5-6,12H,3-4,7-10H2,1-2H3,(H,17,22)(H,19,25). The Hall–Kier alpha value is -1.56. The number of hydrogen-bond donors (Lipinski definition) is 2. The molecule has 0 radical (unpaired) electrons. The smallest absolute Gasteiger partial charge is 0.252 e. The number of thiophene rings is 1. The summed E-state index contributed by atoms with van der Waals surface area (Å²) in [5, 5.41) is 9.72. The zero-order chi connectivity index (χ0) is 19.6. The molecule has 8 nitrogen and oxygen atoms in total. The molecule has 2 aromatic heterocycles. The maximum Gasteiger partial charge on any atom is 0.252 e. The fourth-order valence-corrected chi connectivity index (χ4v) is 6.21. The fraction of sp³-hybridized carbons (Fsp3) is 0.562. The number of aryl methyl sites for hydroxylation is 1. The summed E-state index contributed by atoms with van der Waals surface area (Å²) in [5.74, 6) is 0.312. The van der Waals surface area contributed by atoms with E-state index in [1.807, 2.05) is 14.0 Å². The van der Waals surface area contributed by atoms with Crippen molar-refractivity contribution in [2.24, 2.45) is 13.0 Å². The molecule has 1 fully saturated rings. The Morgan fingerprint density at radius 1 is 1.48 bits per heavy atom. The second-order valence-corrected chi connectivity index (χ2v) is 10.5. The van der Waals surface area contributed by atoms with E-state index in [-0.39, 0.29) is 18.4 Å². The first-order valence-electron chi connectivity index (χ1n) is 8.73. The molecule has 1 unspecified atom stereocenters. The second-order valence-electron chi connectivity index (χ2n) is 6.61. The molecule has 27 heavy (non-hydrogen) atoms. The molecule has 0 aromatic carbocycles. The van der Waals surface area contributed by atoms with Crippen LogP contribution in [0.15, 0.2) is 16.3 Å². The number of carbonyl (C=O) groups excluding carboxylic acids is 1. The molecule has 0 spiro atoms. The molecule has 3 rings (SSSR count). The molecule has 0 aliphatic carbocycles. The Labute approximate surface area is 167 Å². The average Bonchev–Trinajstić information content (AvgIpc) is 3.23. The summed E-state index contributed by atoms with van der Waals surface area (Å²) in [7, 11) is -1.71. The predicted molar refractivity (Wildman–Crippen MR) is 106 cm³/mol. The maximum atomic E-state index is 12.8. The van der Waals surface area contributed by atoms with Gasteiger partial charge in [0.05, 0.1) is 5.92 Å². The van der Waals surface area contributed by atoms with Crippen LogP contribution in [-0.2, 0) is 28.3 Å². The van der Waals surface area contributed by atoms with Gasteiger partial charge in [-0.1, -0.05) is 0 Å². The topological polar surface area (TPSA) is 100 Å². The first-order valence-corrected chi connectivity index (χ1v) is 11.4. The highest BCUT2D eigenvalue weighted by atomic mass is 32.2. The van der Waals surface area contributed by atoms with E-state index in [1.54, 1.807) is 16.7 Å². The summed E-state index contributed by atoms with van der Waals surface area (Å²) in [5.41, 5.74) is 0. The number of amides is 1. The second kappa shape index (κ2) is 8.21. The Balaban J connectivity index is 1.58. The van der Waals surface area contributed by atoms with Gasteiger partial charge in [0.1, 0.15) is 10.0 Å². The van der Waals surface area contributed by atoms with Gasteiger partial charge in [-0.2, -0.15) is 9.40 Å². The van der Waals surface area contributed by atoms with Gasteiger partial charge < -0.3 is 9.88 Å². The normalized spacial score (nSPS) is 18.5. The summed E-state index contributed by atoms with van der Waals surface area (Å²) in [6, 6.07) is 3.44. The van der Waals surface area contributed by atoms with Gasteiger partial charge in [-0.15, -0.1) is 11.3 Å². The minimum Gasteiger partial charge on any atom is -0.355 e. The van der Waals surface area contributed by atoms with Gasteiger partial charge in [0, 0.05) is 38.0 Å². The Morgan fingerprint density at radius 2 is 2.26 bits per heavy atom. The van der Waals surface area contributed by atoms with E-state index >= 15 is 0 Å². The first kappa shape index (κ1) is 20.2. The molecular weight excluding hydrogens is 406 g/mol. The van der Waals surface area contributed by atoms with E-state index in [0.717, 1.165) is 10.7 Å². The Bertz CT molecular complexity index is 976. The largest absolute Gasteiger partial charge is 0.355 e. The average molecular weight is 430 g/mol. The minimum atomic E-state index is -3.53. The lowest BCUT2D eigenvalue weighted by molar-refractivity contribution is -0.126. The van der Waals surface area contributed by atoms with E-state index < -0.39 is 10.0 Å². The van der Waals surface area contributed by atoms with Crippen molar-refractivity contribution in [1.29, 1.82) is 0 Å². The Kier molecular flexibility index (Phi) is 6.14. The van der Waals surface area contributed by atoms with Crippen LogP contribution >= 0.6 is 23.6 Å². The van der Waals surface area contributed by atoms with Gasteiger partial charge >= 0.3 is 0 Å². The van der Waals surface area contributed by atoms with Crippen molar-refractivity contribution in [3.8, 4) is 0 Å². The summed E-state index contributed by atoms with van der Waals surface area (Å²) in [4.78, 5) is 13.5. The third-order valence-corrected chi connectivity index (χ3v) is 8.38.